The predicted molar refractivity (Wildman–Crippen MR) is 135 cm³/mol. The first-order chi connectivity index (χ1) is 16.5. The van der Waals surface area contributed by atoms with Crippen LogP contribution in [-0.4, -0.2) is 25.5 Å². The van der Waals surface area contributed by atoms with E-state index in [2.05, 4.69) is 15.1 Å². The molecule has 1 saturated carbocycles. The van der Waals surface area contributed by atoms with Crippen molar-refractivity contribution in [3.63, 3.8) is 0 Å². The van der Waals surface area contributed by atoms with E-state index in [0.717, 1.165) is 36.1 Å². The number of aryl methyl sites for hydroxylation is 1. The summed E-state index contributed by atoms with van der Waals surface area (Å²) >= 11 is 7.60. The number of hydrogen-bond donors (Lipinski definition) is 1. The second-order valence-corrected chi connectivity index (χ2v) is 10.3. The number of amides is 1. The molecule has 1 fully saturated rings. The Hall–Kier alpha value is -2.97. The molecule has 1 aliphatic rings. The van der Waals surface area contributed by atoms with Crippen molar-refractivity contribution in [2.24, 2.45) is 5.92 Å². The molecule has 9 heteroatoms. The van der Waals surface area contributed by atoms with Crippen LogP contribution in [0.3, 0.4) is 0 Å². The van der Waals surface area contributed by atoms with E-state index in [9.17, 15) is 9.59 Å². The van der Waals surface area contributed by atoms with E-state index in [-0.39, 0.29) is 23.2 Å². The normalized spacial score (nSPS) is 14.5. The molecule has 34 heavy (non-hydrogen) atoms. The molecule has 0 atom stereocenters. The topological polar surface area (TPSA) is 83.4 Å². The largest absolute Gasteiger partial charge is 0.277 e. The van der Waals surface area contributed by atoms with Crippen LogP contribution in [0.4, 0.5) is 5.95 Å². The highest BCUT2D eigenvalue weighted by Gasteiger charge is 2.29. The minimum absolute atomic E-state index is 0.0196. The Morgan fingerprint density at radius 2 is 1.94 bits per heavy atom. The summed E-state index contributed by atoms with van der Waals surface area (Å²) in [5.74, 6) is 0.661. The maximum absolute atomic E-state index is 13.5. The number of fused-ring (bicyclic) bond motifs is 1. The fourth-order valence-corrected chi connectivity index (χ4v) is 5.38. The first-order valence-corrected chi connectivity index (χ1v) is 12.8. The molecular weight excluding hydrogens is 470 g/mol. The molecule has 4 aromatic rings. The summed E-state index contributed by atoms with van der Waals surface area (Å²) < 4.78 is 1.35. The Bertz CT molecular complexity index is 1350. The Kier molecular flexibility index (Phi) is 6.52. The average Bonchev–Trinajstić information content (AvgIpc) is 3.51. The zero-order valence-corrected chi connectivity index (χ0v) is 20.5. The summed E-state index contributed by atoms with van der Waals surface area (Å²) in [4.78, 5) is 38.8. The molecule has 3 heterocycles. The van der Waals surface area contributed by atoms with Gasteiger partial charge in [-0.3, -0.25) is 19.6 Å². The smallest absolute Gasteiger partial charge is 0.276 e. The quantitative estimate of drug-likeness (QED) is 0.401. The van der Waals surface area contributed by atoms with Crippen molar-refractivity contribution in [1.29, 1.82) is 0 Å². The lowest BCUT2D eigenvalue weighted by Gasteiger charge is -2.27. The zero-order valence-electron chi connectivity index (χ0n) is 19.0. The van der Waals surface area contributed by atoms with Gasteiger partial charge in [-0.15, -0.1) is 11.3 Å². The van der Waals surface area contributed by atoms with Crippen LogP contribution in [-0.2, 0) is 17.8 Å². The summed E-state index contributed by atoms with van der Waals surface area (Å²) in [5, 5.41) is 5.72. The van der Waals surface area contributed by atoms with E-state index >= 15 is 0 Å². The van der Waals surface area contributed by atoms with Crippen LogP contribution in [0.1, 0.15) is 53.8 Å². The monoisotopic (exact) mass is 495 g/mol. The summed E-state index contributed by atoms with van der Waals surface area (Å²) in [6, 6.07) is 11.4. The maximum Gasteiger partial charge on any atom is 0.277 e. The Morgan fingerprint density at radius 1 is 1.18 bits per heavy atom. The Labute approximate surface area is 206 Å². The molecule has 1 aromatic carbocycles. The highest BCUT2D eigenvalue weighted by atomic mass is 35.5. The molecule has 0 spiro atoms. The molecule has 1 amide bonds. The van der Waals surface area contributed by atoms with Gasteiger partial charge >= 0.3 is 0 Å². The lowest BCUT2D eigenvalue weighted by atomic mass is 9.88. The van der Waals surface area contributed by atoms with Crippen molar-refractivity contribution in [3.05, 3.63) is 78.9 Å². The number of carbonyl (C=O) groups is 1. The van der Waals surface area contributed by atoms with E-state index in [1.807, 2.05) is 48.7 Å². The van der Waals surface area contributed by atoms with Crippen LogP contribution < -0.4 is 10.5 Å². The number of aromatic nitrogens is 4. The molecule has 0 aliphatic heterocycles. The third kappa shape index (κ3) is 4.65. The first-order valence-electron chi connectivity index (χ1n) is 11.6. The van der Waals surface area contributed by atoms with Gasteiger partial charge in [0.1, 0.15) is 0 Å². The van der Waals surface area contributed by atoms with E-state index < -0.39 is 0 Å². The standard InChI is InChI=1S/C25H26ClN5O2S/c1-16-21(14-17-9-11-19(26)12-10-17)23(33)31-24(27-16)28-25(29-31)30(15-20-8-5-13-34-20)22(32)18-6-3-2-4-7-18/h5,8-13,18H,2-4,6-7,14-15H2,1H3,(H,27,28,29). The fourth-order valence-electron chi connectivity index (χ4n) is 4.56. The van der Waals surface area contributed by atoms with Gasteiger partial charge in [-0.2, -0.15) is 9.50 Å². The minimum atomic E-state index is -0.211. The number of anilines is 1. The number of nitrogens with one attached hydrogen (secondary N) is 1. The molecular formula is C25H26ClN5O2S. The summed E-state index contributed by atoms with van der Waals surface area (Å²) in [7, 11) is 0. The first kappa shape index (κ1) is 22.8. The van der Waals surface area contributed by atoms with Gasteiger partial charge in [0.15, 0.2) is 0 Å². The molecule has 5 rings (SSSR count). The van der Waals surface area contributed by atoms with Gasteiger partial charge in [0, 0.05) is 27.8 Å². The summed E-state index contributed by atoms with van der Waals surface area (Å²) in [6.45, 7) is 2.23. The second-order valence-electron chi connectivity index (χ2n) is 8.81. The van der Waals surface area contributed by atoms with E-state index in [1.165, 1.54) is 10.9 Å². The molecule has 0 bridgehead atoms. The molecule has 0 saturated heterocycles. The van der Waals surface area contributed by atoms with E-state index in [0.29, 0.717) is 35.2 Å². The number of benzene rings is 1. The van der Waals surface area contributed by atoms with Crippen molar-refractivity contribution in [3.8, 4) is 0 Å². The number of aromatic amines is 1. The van der Waals surface area contributed by atoms with Gasteiger partial charge in [-0.05, 0) is 48.9 Å². The van der Waals surface area contributed by atoms with Gasteiger partial charge in [0.05, 0.1) is 12.2 Å². The van der Waals surface area contributed by atoms with Crippen LogP contribution in [0.2, 0.25) is 5.02 Å². The number of thiophene rings is 1. The Morgan fingerprint density at radius 3 is 2.65 bits per heavy atom. The second kappa shape index (κ2) is 9.72. The van der Waals surface area contributed by atoms with Crippen LogP contribution in [0.5, 0.6) is 0 Å². The molecule has 7 nitrogen and oxygen atoms in total. The van der Waals surface area contributed by atoms with Gasteiger partial charge in [-0.25, -0.2) is 4.98 Å². The lowest BCUT2D eigenvalue weighted by Crippen LogP contribution is -2.37. The number of carbonyl (C=O) groups excluding carboxylic acids is 1. The van der Waals surface area contributed by atoms with Gasteiger partial charge in [0.2, 0.25) is 11.9 Å². The predicted octanol–water partition coefficient (Wildman–Crippen LogP) is 5.15. The number of rotatable bonds is 6. The SMILES string of the molecule is Cc1nc2nc(N(Cc3cccs3)C(=O)C3CCCCC3)[nH]n2c(=O)c1Cc1ccc(Cl)cc1. The minimum Gasteiger partial charge on any atom is -0.276 e. The fraction of sp³-hybridized carbons (Fsp3) is 0.360. The molecule has 0 unspecified atom stereocenters. The van der Waals surface area contributed by atoms with E-state index in [1.54, 1.807) is 16.2 Å². The third-order valence-corrected chi connectivity index (χ3v) is 7.56. The van der Waals surface area contributed by atoms with Crippen molar-refractivity contribution < 1.29 is 4.79 Å². The number of halogens is 1. The summed E-state index contributed by atoms with van der Waals surface area (Å²) in [5.41, 5.74) is 1.97. The third-order valence-electron chi connectivity index (χ3n) is 6.45. The molecule has 1 N–H and O–H groups in total. The lowest BCUT2D eigenvalue weighted by molar-refractivity contribution is -0.123. The highest BCUT2D eigenvalue weighted by Crippen LogP contribution is 2.28. The Balaban J connectivity index is 1.52. The van der Waals surface area contributed by atoms with E-state index in [4.69, 9.17) is 11.6 Å². The zero-order chi connectivity index (χ0) is 23.7. The number of nitrogens with zero attached hydrogens (tertiary/aromatic N) is 4. The van der Waals surface area contributed by atoms with Gasteiger partial charge in [-0.1, -0.05) is 49.1 Å². The van der Waals surface area contributed by atoms with Crippen LogP contribution in [0, 0.1) is 12.8 Å². The van der Waals surface area contributed by atoms with Crippen molar-refractivity contribution in [2.45, 2.75) is 52.0 Å². The number of hydrogen-bond acceptors (Lipinski definition) is 5. The molecule has 3 aromatic heterocycles. The van der Waals surface area contributed by atoms with Crippen LogP contribution >= 0.6 is 22.9 Å². The highest BCUT2D eigenvalue weighted by molar-refractivity contribution is 7.09. The van der Waals surface area contributed by atoms with Gasteiger partial charge in [0.25, 0.3) is 11.3 Å². The van der Waals surface area contributed by atoms with Crippen LogP contribution in [0.15, 0.2) is 46.6 Å². The molecule has 0 radical (unpaired) electrons. The van der Waals surface area contributed by atoms with Crippen molar-refractivity contribution >= 4 is 40.6 Å². The molecule has 176 valence electrons. The van der Waals surface area contributed by atoms with Crippen molar-refractivity contribution in [2.75, 3.05) is 4.90 Å². The van der Waals surface area contributed by atoms with Crippen molar-refractivity contribution in [1.82, 2.24) is 19.6 Å². The van der Waals surface area contributed by atoms with Crippen LogP contribution in [0.25, 0.3) is 5.78 Å². The average molecular weight is 496 g/mol. The molecule has 1 aliphatic carbocycles. The maximum atomic E-state index is 13.5. The summed E-state index contributed by atoms with van der Waals surface area (Å²) in [6.07, 6.45) is 5.53. The van der Waals surface area contributed by atoms with Gasteiger partial charge < -0.3 is 0 Å². The number of H-pyrrole nitrogens is 1.